The summed E-state index contributed by atoms with van der Waals surface area (Å²) in [5.41, 5.74) is 28.0. The van der Waals surface area contributed by atoms with Crippen molar-refractivity contribution < 1.29 is 57.2 Å². The fraction of sp³-hybridized carbons (Fsp3) is 0.517. The van der Waals surface area contributed by atoms with Crippen LogP contribution < -0.4 is 22.1 Å². The summed E-state index contributed by atoms with van der Waals surface area (Å²) in [6.45, 7) is 13.6. The van der Waals surface area contributed by atoms with Crippen LogP contribution in [0.1, 0.15) is 418 Å². The summed E-state index contributed by atoms with van der Waals surface area (Å²) in [5, 5.41) is 5.81. The van der Waals surface area contributed by atoms with Crippen molar-refractivity contribution in [1.82, 2.24) is 25.6 Å². The maximum Gasteiger partial charge on any atom is 0.408 e. The number of hydrogen-bond acceptors (Lipinski definition) is 17. The first-order valence-electron chi connectivity index (χ1n) is 52.4. The Morgan fingerprint density at radius 1 is 0.367 bits per heavy atom. The van der Waals surface area contributed by atoms with Crippen molar-refractivity contribution in [1.29, 1.82) is 0 Å². The topological polar surface area (TPSA) is 280 Å². The van der Waals surface area contributed by atoms with Crippen LogP contribution in [-0.4, -0.2) is 104 Å². The number of nitrogens with one attached hydrogen (secondary N) is 2. The minimum atomic E-state index is -0.520. The highest BCUT2D eigenvalue weighted by Gasteiger charge is 2.52. The third-order valence-electron chi connectivity index (χ3n) is 31.7. The van der Waals surface area contributed by atoms with Crippen LogP contribution in [-0.2, 0) is 57.6 Å². The van der Waals surface area contributed by atoms with Gasteiger partial charge in [-0.2, -0.15) is 0 Å². The highest BCUT2D eigenvalue weighted by molar-refractivity contribution is 6.00. The molecule has 2 amide bonds. The maximum atomic E-state index is 12.3. The molecule has 738 valence electrons. The standard InChI is InChI=1S/2C27H33NO2.C16H21NO2.C15H19NO3.C15H21NO2.C10H11NO.C10H13N/c2*29-24-13-12-21(22-9-1-2-10-23(22)24)8-7-14-26(25-11-3-6-18-28-25)17-19-30-27(20-26)15-4-5-16-27;18-11-8-15(14-5-1-4-10-17-14)9-12-19-16(13-15)6-2-3-7-16;1-15(2,3)19-14(18)16-12-8-9-13(17)11-7-5-4-6-10(11)12;1-15(2,3)18-14(17)16-13-10-6-8-11-7-4-5-9-12(11)13;11-9-5-6-10(12)8-4-2-1-3-7(8)9;11-10-7-3-5-8-4-1-2-6-9(8)10/h2*1-3,6,9-11,18,21H,4-5,7-8,12-17,19-20H2;1,4-5,10-11H,2-3,6-9,12-13H2;4-7,12H,8-9H2,1-3H3,(H,16,18);4-5,7,9,13H,6,8,10H2,1-3H3,(H,16,17);1-4,9H,5-6,11H2;1-2,4,6,10H,3,5,7,11H2/t2*21-,26+;15-;12-;13-;9-;10-/m0010000/s1. The highest BCUT2D eigenvalue weighted by Crippen LogP contribution is 2.55. The highest BCUT2D eigenvalue weighted by atomic mass is 16.6. The Balaban J connectivity index is 0.000000126. The number of Topliss-reactive ketones (excluding diaryl/α,β-unsaturated/α-hetero) is 4. The third kappa shape index (κ3) is 26.6. The average Bonchev–Trinajstić information content (AvgIpc) is 1.69. The van der Waals surface area contributed by atoms with Crippen molar-refractivity contribution in [2.24, 2.45) is 11.5 Å². The number of carbonyl (C=O) groups is 7. The van der Waals surface area contributed by atoms with Gasteiger partial charge in [0.2, 0.25) is 0 Å². The third-order valence-corrected chi connectivity index (χ3v) is 31.7. The van der Waals surface area contributed by atoms with Gasteiger partial charge in [0.15, 0.2) is 23.1 Å². The van der Waals surface area contributed by atoms with Gasteiger partial charge < -0.3 is 50.6 Å². The number of aromatic nitrogens is 3. The van der Waals surface area contributed by atoms with Gasteiger partial charge in [0.25, 0.3) is 0 Å². The molecule has 3 saturated carbocycles. The summed E-state index contributed by atoms with van der Waals surface area (Å²) >= 11 is 0. The van der Waals surface area contributed by atoms with Gasteiger partial charge in [-0.1, -0.05) is 215 Å². The van der Waals surface area contributed by atoms with Gasteiger partial charge in [-0.3, -0.25) is 34.1 Å². The molecular formula is C120H151N7O12. The molecule has 6 aromatic carbocycles. The molecule has 3 aliphatic heterocycles. The van der Waals surface area contributed by atoms with Crippen molar-refractivity contribution in [2.45, 2.75) is 372 Å². The lowest BCUT2D eigenvalue weighted by Gasteiger charge is -2.46. The lowest BCUT2D eigenvalue weighted by Crippen LogP contribution is -2.46. The van der Waals surface area contributed by atoms with E-state index in [1.54, 1.807) is 6.07 Å². The molecule has 21 rings (SSSR count). The number of amides is 2. The Labute approximate surface area is 825 Å². The molecule has 6 heterocycles. The Bertz CT molecular complexity index is 5430. The van der Waals surface area contributed by atoms with Crippen LogP contribution in [0.4, 0.5) is 9.59 Å². The molecule has 0 radical (unpaired) electrons. The molecule has 139 heavy (non-hydrogen) atoms. The van der Waals surface area contributed by atoms with E-state index < -0.39 is 17.3 Å². The van der Waals surface area contributed by atoms with E-state index >= 15 is 0 Å². The van der Waals surface area contributed by atoms with E-state index in [0.717, 1.165) is 169 Å². The summed E-state index contributed by atoms with van der Waals surface area (Å²) in [5.74, 6) is 2.03. The Morgan fingerprint density at radius 2 is 0.698 bits per heavy atom. The number of nitrogens with two attached hydrogens (primary N) is 2. The van der Waals surface area contributed by atoms with Crippen LogP contribution in [0.25, 0.3) is 0 Å². The molecule has 0 unspecified atom stereocenters. The van der Waals surface area contributed by atoms with Crippen LogP contribution in [0.3, 0.4) is 0 Å². The van der Waals surface area contributed by atoms with Crippen LogP contribution in [0.5, 0.6) is 0 Å². The second-order valence-electron chi connectivity index (χ2n) is 43.5. The number of nitrogens with zero attached hydrogens (tertiary/aromatic N) is 3. The molecule has 19 nitrogen and oxygen atoms in total. The van der Waals surface area contributed by atoms with E-state index in [2.05, 4.69) is 113 Å². The monoisotopic (exact) mass is 1880 g/mol. The zero-order valence-corrected chi connectivity index (χ0v) is 83.4. The van der Waals surface area contributed by atoms with E-state index in [-0.39, 0.29) is 68.8 Å². The number of fused-ring (bicyclic) bond motifs is 6. The van der Waals surface area contributed by atoms with Crippen molar-refractivity contribution in [3.63, 3.8) is 0 Å². The summed E-state index contributed by atoms with van der Waals surface area (Å²) in [7, 11) is 0. The van der Waals surface area contributed by atoms with Crippen LogP contribution in [0.2, 0.25) is 0 Å². The van der Waals surface area contributed by atoms with Crippen molar-refractivity contribution in [3.8, 4) is 0 Å². The minimum absolute atomic E-state index is 0.0127. The summed E-state index contributed by atoms with van der Waals surface area (Å²) in [4.78, 5) is 96.8. The second-order valence-corrected chi connectivity index (χ2v) is 43.5. The molecule has 6 N–H and O–H groups in total. The molecule has 9 aromatic rings. The number of alkyl carbamates (subject to hydrolysis) is 2. The number of pyridine rings is 3. The summed E-state index contributed by atoms with van der Waals surface area (Å²) < 4.78 is 29.4. The lowest BCUT2D eigenvalue weighted by atomic mass is 9.66. The van der Waals surface area contributed by atoms with E-state index in [4.69, 9.17) is 45.1 Å². The molecule has 6 fully saturated rings. The van der Waals surface area contributed by atoms with Gasteiger partial charge in [-0.05, 0) is 301 Å². The number of benzene rings is 6. The van der Waals surface area contributed by atoms with Crippen LogP contribution >= 0.6 is 0 Å². The van der Waals surface area contributed by atoms with Crippen molar-refractivity contribution in [2.75, 3.05) is 19.8 Å². The number of rotatable bonds is 15. The average molecular weight is 1880 g/mol. The number of carbonyl (C=O) groups excluding carboxylic acids is 7. The van der Waals surface area contributed by atoms with E-state index in [1.807, 2.05) is 157 Å². The first kappa shape index (κ1) is 103. The first-order valence-corrected chi connectivity index (χ1v) is 52.4. The Kier molecular flexibility index (Phi) is 35.0. The van der Waals surface area contributed by atoms with Gasteiger partial charge >= 0.3 is 12.2 Å². The quantitative estimate of drug-likeness (QED) is 0.0694. The number of aldehydes is 1. The number of ether oxygens (including phenoxy) is 5. The molecular weight excluding hydrogens is 1730 g/mol. The normalized spacial score (nSPS) is 24.8. The molecule has 19 heteroatoms. The maximum absolute atomic E-state index is 12.3. The largest absolute Gasteiger partial charge is 0.444 e. The van der Waals surface area contributed by atoms with Gasteiger partial charge in [0.05, 0.1) is 28.9 Å². The van der Waals surface area contributed by atoms with E-state index in [9.17, 15) is 33.6 Å². The predicted octanol–water partition coefficient (Wildman–Crippen LogP) is 26.3. The SMILES string of the molecule is CC(C)(C)OC(=O)N[C@H]1CCC(=O)c2ccccc21.CC(C)(C)OC(=O)N[C@H]1CCCc2ccccc21.N[C@H]1CCC(=O)c2ccccc21.N[C@H]1CCCc2ccccc21.O=C1CC[C@H](CCC[C@@]2(c3ccccn3)CCOC3(CCCC3)C2)c2ccccc21.O=C1CC[C@H](CCC[C@@]2(c3ccccn3)CCOC3(CCCC3)C2)c2ccccc21.O=CC[C@@]1(c2ccccn2)CCOC2(CCCC2)C1. The van der Waals surface area contributed by atoms with E-state index in [0.29, 0.717) is 73.5 Å². The van der Waals surface area contributed by atoms with Crippen molar-refractivity contribution >= 4 is 41.6 Å². The van der Waals surface area contributed by atoms with Crippen LogP contribution in [0, 0.1) is 0 Å². The molecule has 3 spiro atoms. The summed E-state index contributed by atoms with van der Waals surface area (Å²) in [6, 6.07) is 67.5. The molecule has 0 bridgehead atoms. The zero-order valence-electron chi connectivity index (χ0n) is 83.4. The number of hydrogen-bond donors (Lipinski definition) is 4. The van der Waals surface area contributed by atoms with Gasteiger partial charge in [-0.15, -0.1) is 0 Å². The minimum Gasteiger partial charge on any atom is -0.444 e. The zero-order chi connectivity index (χ0) is 97.5. The molecule has 3 saturated heterocycles. The second kappa shape index (κ2) is 47.4. The first-order chi connectivity index (χ1) is 67.2. The molecule has 9 aliphatic carbocycles. The Hall–Kier alpha value is -10.5. The summed E-state index contributed by atoms with van der Waals surface area (Å²) in [6.07, 6.45) is 47.3. The van der Waals surface area contributed by atoms with Gasteiger partial charge in [0.1, 0.15) is 17.5 Å². The van der Waals surface area contributed by atoms with Crippen molar-refractivity contribution in [3.05, 3.63) is 303 Å². The fourth-order valence-electron chi connectivity index (χ4n) is 24.9. The molecule has 3 aromatic heterocycles. The predicted molar refractivity (Wildman–Crippen MR) is 548 cm³/mol. The molecule has 9 atom stereocenters. The Morgan fingerprint density at radius 3 is 1.12 bits per heavy atom. The lowest BCUT2D eigenvalue weighted by molar-refractivity contribution is -0.118. The van der Waals surface area contributed by atoms with Crippen LogP contribution in [0.15, 0.2) is 219 Å². The molecule has 12 aliphatic rings. The van der Waals surface area contributed by atoms with Gasteiger partial charge in [-0.25, -0.2) is 9.59 Å². The van der Waals surface area contributed by atoms with Gasteiger partial charge in [0, 0.05) is 138 Å². The van der Waals surface area contributed by atoms with E-state index in [1.165, 1.54) is 148 Å². The number of ketones is 4. The number of aryl methyl sites for hydroxylation is 2. The fourth-order valence-corrected chi connectivity index (χ4v) is 24.9. The smallest absolute Gasteiger partial charge is 0.408 e.